The zero-order valence-electron chi connectivity index (χ0n) is 9.77. The van der Waals surface area contributed by atoms with Crippen LogP contribution < -0.4 is 4.90 Å². The number of hydrogen-bond acceptors (Lipinski definition) is 4. The number of rotatable bonds is 2. The smallest absolute Gasteiger partial charge is 0.308 e. The van der Waals surface area contributed by atoms with E-state index in [0.29, 0.717) is 46.7 Å². The minimum Gasteiger partial charge on any atom is -0.481 e. The maximum absolute atomic E-state index is 10.9. The molecular weight excluding hydrogens is 291 g/mol. The van der Waals surface area contributed by atoms with Crippen molar-refractivity contribution in [3.05, 3.63) is 22.2 Å². The van der Waals surface area contributed by atoms with Gasteiger partial charge < -0.3 is 14.4 Å². The van der Waals surface area contributed by atoms with Crippen LogP contribution in [0.3, 0.4) is 0 Å². The topological polar surface area (TPSA) is 66.6 Å². The van der Waals surface area contributed by atoms with E-state index in [2.05, 4.69) is 4.98 Å². The largest absolute Gasteiger partial charge is 0.481 e. The van der Waals surface area contributed by atoms with Gasteiger partial charge in [0.1, 0.15) is 5.52 Å². The molecule has 1 N–H and O–H groups in total. The average Bonchev–Trinajstić information content (AvgIpc) is 2.92. The van der Waals surface area contributed by atoms with E-state index in [1.165, 1.54) is 0 Å². The molecule has 100 valence electrons. The van der Waals surface area contributed by atoms with Crippen LogP contribution in [-0.4, -0.2) is 29.1 Å². The fraction of sp³-hybridized carbons (Fsp3) is 0.333. The Morgan fingerprint density at radius 2 is 2.26 bits per heavy atom. The lowest BCUT2D eigenvalue weighted by Gasteiger charge is -2.11. The molecule has 19 heavy (non-hydrogen) atoms. The van der Waals surface area contributed by atoms with E-state index in [0.717, 1.165) is 0 Å². The number of aromatic nitrogens is 1. The maximum atomic E-state index is 10.9. The van der Waals surface area contributed by atoms with Gasteiger partial charge in [-0.25, -0.2) is 0 Å². The molecule has 1 unspecified atom stereocenters. The van der Waals surface area contributed by atoms with Crippen LogP contribution in [0.5, 0.6) is 0 Å². The van der Waals surface area contributed by atoms with E-state index in [1.807, 2.05) is 4.90 Å². The Kier molecular flexibility index (Phi) is 3.03. The Bertz CT molecular complexity index is 656. The Balaban J connectivity index is 1.94. The number of hydrogen-bond donors (Lipinski definition) is 1. The van der Waals surface area contributed by atoms with Crippen molar-refractivity contribution in [1.82, 2.24) is 4.98 Å². The van der Waals surface area contributed by atoms with E-state index < -0.39 is 5.97 Å². The zero-order chi connectivity index (χ0) is 13.6. The van der Waals surface area contributed by atoms with Gasteiger partial charge in [0.2, 0.25) is 0 Å². The van der Waals surface area contributed by atoms with Crippen LogP contribution in [0, 0.1) is 5.92 Å². The summed E-state index contributed by atoms with van der Waals surface area (Å²) in [7, 11) is 0. The van der Waals surface area contributed by atoms with Crippen molar-refractivity contribution in [2.75, 3.05) is 18.0 Å². The van der Waals surface area contributed by atoms with Crippen LogP contribution in [0.1, 0.15) is 6.42 Å². The lowest BCUT2D eigenvalue weighted by Crippen LogP contribution is -2.22. The van der Waals surface area contributed by atoms with Gasteiger partial charge in [0.15, 0.2) is 5.58 Å². The highest BCUT2D eigenvalue weighted by molar-refractivity contribution is 6.38. The quantitative estimate of drug-likeness (QED) is 0.923. The standard InChI is InChI=1S/C12H10Cl2N2O3/c13-7-3-8(14)10-9(4-7)15-12(19-10)16-2-1-6(5-16)11(17)18/h3-4,6H,1-2,5H2,(H,17,18). The molecule has 0 aliphatic carbocycles. The van der Waals surface area contributed by atoms with Crippen molar-refractivity contribution in [3.63, 3.8) is 0 Å². The van der Waals surface area contributed by atoms with Crippen LogP contribution in [0.25, 0.3) is 11.1 Å². The molecule has 0 spiro atoms. The summed E-state index contributed by atoms with van der Waals surface area (Å²) in [6, 6.07) is 3.65. The van der Waals surface area contributed by atoms with E-state index in [-0.39, 0.29) is 5.92 Å². The van der Waals surface area contributed by atoms with Gasteiger partial charge in [0, 0.05) is 18.1 Å². The van der Waals surface area contributed by atoms with Crippen molar-refractivity contribution < 1.29 is 14.3 Å². The number of carboxylic acid groups (broad SMARTS) is 1. The molecule has 1 saturated heterocycles. The normalized spacial score (nSPS) is 19.3. The highest BCUT2D eigenvalue weighted by Crippen LogP contribution is 2.32. The molecule has 2 aromatic rings. The molecule has 1 atom stereocenters. The van der Waals surface area contributed by atoms with Crippen molar-refractivity contribution in [3.8, 4) is 0 Å². The number of carboxylic acids is 1. The molecule has 1 aromatic heterocycles. The molecule has 1 aliphatic heterocycles. The first kappa shape index (κ1) is 12.6. The Morgan fingerprint density at radius 1 is 1.47 bits per heavy atom. The predicted octanol–water partition coefficient (Wildman–Crippen LogP) is 3.05. The monoisotopic (exact) mass is 300 g/mol. The summed E-state index contributed by atoms with van der Waals surface area (Å²) >= 11 is 11.9. The van der Waals surface area contributed by atoms with Gasteiger partial charge in [-0.15, -0.1) is 0 Å². The van der Waals surface area contributed by atoms with Crippen LogP contribution in [-0.2, 0) is 4.79 Å². The summed E-state index contributed by atoms with van der Waals surface area (Å²) in [6.45, 7) is 1.00. The number of nitrogens with zero attached hydrogens (tertiary/aromatic N) is 2. The lowest BCUT2D eigenvalue weighted by atomic mass is 10.1. The van der Waals surface area contributed by atoms with Crippen LogP contribution in [0.15, 0.2) is 16.5 Å². The van der Waals surface area contributed by atoms with Gasteiger partial charge in [-0.1, -0.05) is 23.2 Å². The Hall–Kier alpha value is -1.46. The third-order valence-electron chi connectivity index (χ3n) is 3.21. The minimum absolute atomic E-state index is 0.380. The van der Waals surface area contributed by atoms with Crippen molar-refractivity contribution >= 4 is 46.3 Å². The second-order valence-electron chi connectivity index (χ2n) is 4.50. The van der Waals surface area contributed by atoms with E-state index >= 15 is 0 Å². The van der Waals surface area contributed by atoms with E-state index in [9.17, 15) is 4.79 Å². The number of oxazole rings is 1. The second-order valence-corrected chi connectivity index (χ2v) is 5.35. The third-order valence-corrected chi connectivity index (χ3v) is 3.71. The Morgan fingerprint density at radius 3 is 2.95 bits per heavy atom. The second kappa shape index (κ2) is 4.58. The van der Waals surface area contributed by atoms with Gasteiger partial charge in [-0.05, 0) is 18.6 Å². The molecular formula is C12H10Cl2N2O3. The van der Waals surface area contributed by atoms with Crippen molar-refractivity contribution in [2.24, 2.45) is 5.92 Å². The average molecular weight is 301 g/mol. The van der Waals surface area contributed by atoms with Crippen molar-refractivity contribution in [2.45, 2.75) is 6.42 Å². The number of aliphatic carboxylic acids is 1. The van der Waals surface area contributed by atoms with Crippen LogP contribution in [0.2, 0.25) is 10.0 Å². The first-order valence-corrected chi connectivity index (χ1v) is 6.53. The van der Waals surface area contributed by atoms with Gasteiger partial charge in [-0.2, -0.15) is 4.98 Å². The SMILES string of the molecule is O=C(O)C1CCN(c2nc3cc(Cl)cc(Cl)c3o2)C1. The summed E-state index contributed by atoms with van der Waals surface area (Å²) < 4.78 is 5.60. The zero-order valence-corrected chi connectivity index (χ0v) is 11.3. The van der Waals surface area contributed by atoms with E-state index in [4.69, 9.17) is 32.7 Å². The number of halogens is 2. The molecule has 2 heterocycles. The summed E-state index contributed by atoms with van der Waals surface area (Å²) in [6.07, 6.45) is 0.586. The summed E-state index contributed by atoms with van der Waals surface area (Å²) in [5.74, 6) is -1.17. The minimum atomic E-state index is -0.792. The maximum Gasteiger partial charge on any atom is 0.308 e. The summed E-state index contributed by atoms with van der Waals surface area (Å²) in [5, 5.41) is 9.87. The fourth-order valence-corrected chi connectivity index (χ4v) is 2.74. The van der Waals surface area contributed by atoms with Crippen molar-refractivity contribution in [1.29, 1.82) is 0 Å². The highest BCUT2D eigenvalue weighted by Gasteiger charge is 2.30. The molecule has 7 heteroatoms. The number of fused-ring (bicyclic) bond motifs is 1. The molecule has 1 aliphatic rings. The lowest BCUT2D eigenvalue weighted by molar-refractivity contribution is -0.140. The molecule has 0 radical (unpaired) electrons. The van der Waals surface area contributed by atoms with Gasteiger partial charge in [0.05, 0.1) is 10.9 Å². The number of anilines is 1. The van der Waals surface area contributed by atoms with Gasteiger partial charge in [-0.3, -0.25) is 4.79 Å². The van der Waals surface area contributed by atoms with Crippen LogP contribution >= 0.6 is 23.2 Å². The summed E-state index contributed by atoms with van der Waals surface area (Å²) in [4.78, 5) is 17.0. The third kappa shape index (κ3) is 2.24. The molecule has 3 rings (SSSR count). The fourth-order valence-electron chi connectivity index (χ4n) is 2.22. The summed E-state index contributed by atoms with van der Waals surface area (Å²) in [5.41, 5.74) is 1.05. The molecule has 5 nitrogen and oxygen atoms in total. The molecule has 1 aromatic carbocycles. The van der Waals surface area contributed by atoms with E-state index in [1.54, 1.807) is 12.1 Å². The van der Waals surface area contributed by atoms with Gasteiger partial charge in [0.25, 0.3) is 6.01 Å². The van der Waals surface area contributed by atoms with Gasteiger partial charge >= 0.3 is 5.97 Å². The Labute approximate surface area is 118 Å². The first-order valence-electron chi connectivity index (χ1n) is 5.78. The molecule has 1 fully saturated rings. The number of carbonyl (C=O) groups is 1. The molecule has 0 bridgehead atoms. The first-order chi connectivity index (χ1) is 9.04. The predicted molar refractivity (Wildman–Crippen MR) is 72.0 cm³/mol. The highest BCUT2D eigenvalue weighted by atomic mass is 35.5. The molecule has 0 amide bonds. The van der Waals surface area contributed by atoms with Crippen LogP contribution in [0.4, 0.5) is 6.01 Å². The molecule has 0 saturated carbocycles. The number of benzene rings is 1.